The van der Waals surface area contributed by atoms with Crippen molar-refractivity contribution in [3.05, 3.63) is 0 Å². The summed E-state index contributed by atoms with van der Waals surface area (Å²) in [7, 11) is 0. The summed E-state index contributed by atoms with van der Waals surface area (Å²) >= 11 is 0. The number of nitrogens with one attached hydrogen (secondary N) is 2. The molecule has 0 heterocycles. The molecular formula is C10H15F3N2O2. The van der Waals surface area contributed by atoms with Gasteiger partial charge in [-0.05, 0) is 19.3 Å². The van der Waals surface area contributed by atoms with Gasteiger partial charge in [-0.2, -0.15) is 13.2 Å². The second-order valence-electron chi connectivity index (χ2n) is 4.42. The number of alkyl halides is 3. The Bertz CT molecular complexity index is 292. The number of carbonyl (C=O) groups excluding carboxylic acids is 2. The Morgan fingerprint density at radius 1 is 1.18 bits per heavy atom. The van der Waals surface area contributed by atoms with Gasteiger partial charge in [-0.3, -0.25) is 9.59 Å². The minimum absolute atomic E-state index is 0.0698. The molecule has 1 saturated carbocycles. The Balaban J connectivity index is 2.05. The molecule has 0 radical (unpaired) electrons. The van der Waals surface area contributed by atoms with Crippen molar-refractivity contribution >= 4 is 11.8 Å². The minimum Gasteiger partial charge on any atom is -0.356 e. The van der Waals surface area contributed by atoms with Crippen LogP contribution in [0.1, 0.15) is 26.2 Å². The zero-order chi connectivity index (χ0) is 13.1. The molecule has 0 aromatic heterocycles. The first-order valence-electron chi connectivity index (χ1n) is 5.39. The van der Waals surface area contributed by atoms with Crippen LogP contribution in [0.2, 0.25) is 0 Å². The van der Waals surface area contributed by atoms with E-state index in [-0.39, 0.29) is 30.8 Å². The molecule has 98 valence electrons. The maximum absolute atomic E-state index is 11.8. The number of amides is 2. The van der Waals surface area contributed by atoms with E-state index in [4.69, 9.17) is 0 Å². The lowest BCUT2D eigenvalue weighted by atomic mass is 10.1. The van der Waals surface area contributed by atoms with Gasteiger partial charge < -0.3 is 10.6 Å². The fourth-order valence-corrected chi connectivity index (χ4v) is 1.22. The third-order valence-corrected chi connectivity index (χ3v) is 2.73. The van der Waals surface area contributed by atoms with Crippen LogP contribution in [0.4, 0.5) is 13.2 Å². The third kappa shape index (κ3) is 4.24. The molecule has 1 rings (SSSR count). The lowest BCUT2D eigenvalue weighted by Gasteiger charge is -2.10. The van der Waals surface area contributed by atoms with Crippen LogP contribution >= 0.6 is 0 Å². The maximum Gasteiger partial charge on any atom is 0.471 e. The van der Waals surface area contributed by atoms with Gasteiger partial charge >= 0.3 is 12.1 Å². The van der Waals surface area contributed by atoms with Crippen LogP contribution in [0.15, 0.2) is 0 Å². The fourth-order valence-electron chi connectivity index (χ4n) is 1.22. The SMILES string of the molecule is CC1(C(=O)NCCCNC(=O)C(F)(F)F)CC1. The molecule has 4 nitrogen and oxygen atoms in total. The van der Waals surface area contributed by atoms with Crippen LogP contribution in [0.5, 0.6) is 0 Å². The molecule has 0 aliphatic heterocycles. The predicted molar refractivity (Wildman–Crippen MR) is 54.0 cm³/mol. The van der Waals surface area contributed by atoms with E-state index in [1.54, 1.807) is 5.32 Å². The Morgan fingerprint density at radius 3 is 2.18 bits per heavy atom. The first-order chi connectivity index (χ1) is 7.76. The van der Waals surface area contributed by atoms with Crippen LogP contribution in [0.3, 0.4) is 0 Å². The summed E-state index contributed by atoms with van der Waals surface area (Å²) in [5.74, 6) is -2.02. The molecule has 0 atom stereocenters. The third-order valence-electron chi connectivity index (χ3n) is 2.73. The summed E-state index contributed by atoms with van der Waals surface area (Å²) in [5.41, 5.74) is -0.283. The molecule has 2 amide bonds. The number of hydrogen-bond acceptors (Lipinski definition) is 2. The van der Waals surface area contributed by atoms with Crippen LogP contribution in [0.25, 0.3) is 0 Å². The zero-order valence-electron chi connectivity index (χ0n) is 9.49. The number of rotatable bonds is 5. The molecule has 0 aromatic rings. The molecule has 1 aliphatic rings. The lowest BCUT2D eigenvalue weighted by molar-refractivity contribution is -0.173. The summed E-state index contributed by atoms with van der Waals surface area (Å²) < 4.78 is 35.3. The summed E-state index contributed by atoms with van der Waals surface area (Å²) in [6.07, 6.45) is -2.86. The number of hydrogen-bond donors (Lipinski definition) is 2. The van der Waals surface area contributed by atoms with Gasteiger partial charge in [0.15, 0.2) is 0 Å². The van der Waals surface area contributed by atoms with E-state index in [9.17, 15) is 22.8 Å². The predicted octanol–water partition coefficient (Wildman–Crippen LogP) is 0.971. The van der Waals surface area contributed by atoms with Crippen molar-refractivity contribution < 1.29 is 22.8 Å². The van der Waals surface area contributed by atoms with Crippen LogP contribution in [-0.2, 0) is 9.59 Å². The second-order valence-corrected chi connectivity index (χ2v) is 4.42. The Morgan fingerprint density at radius 2 is 1.71 bits per heavy atom. The number of carbonyl (C=O) groups is 2. The van der Waals surface area contributed by atoms with E-state index >= 15 is 0 Å². The standard InChI is InChI=1S/C10H15F3N2O2/c1-9(3-4-9)7(16)14-5-2-6-15-8(17)10(11,12)13/h2-6H2,1H3,(H,14,16)(H,15,17). The van der Waals surface area contributed by atoms with Crippen molar-refractivity contribution in [1.29, 1.82) is 0 Å². The molecule has 7 heteroatoms. The van der Waals surface area contributed by atoms with Crippen molar-refractivity contribution in [3.63, 3.8) is 0 Å². The summed E-state index contributed by atoms with van der Waals surface area (Å²) in [5, 5.41) is 4.36. The van der Waals surface area contributed by atoms with Gasteiger partial charge in [0.1, 0.15) is 0 Å². The van der Waals surface area contributed by atoms with Gasteiger partial charge in [-0.15, -0.1) is 0 Å². The van der Waals surface area contributed by atoms with Crippen molar-refractivity contribution in [3.8, 4) is 0 Å². The average Bonchev–Trinajstić information content (AvgIpc) is 2.95. The van der Waals surface area contributed by atoms with Crippen molar-refractivity contribution in [2.24, 2.45) is 5.41 Å². The minimum atomic E-state index is -4.84. The number of halogens is 3. The van der Waals surface area contributed by atoms with E-state index < -0.39 is 12.1 Å². The van der Waals surface area contributed by atoms with Gasteiger partial charge in [-0.25, -0.2) is 0 Å². The van der Waals surface area contributed by atoms with E-state index in [0.717, 1.165) is 12.8 Å². The highest BCUT2D eigenvalue weighted by Crippen LogP contribution is 2.44. The smallest absolute Gasteiger partial charge is 0.356 e. The van der Waals surface area contributed by atoms with Gasteiger partial charge in [0.05, 0.1) is 0 Å². The Labute approximate surface area is 96.9 Å². The highest BCUT2D eigenvalue weighted by molar-refractivity contribution is 5.84. The van der Waals surface area contributed by atoms with E-state index in [1.807, 2.05) is 6.92 Å². The molecule has 2 N–H and O–H groups in total. The van der Waals surface area contributed by atoms with Gasteiger partial charge in [0.25, 0.3) is 0 Å². The van der Waals surface area contributed by atoms with E-state index in [1.165, 1.54) is 0 Å². The summed E-state index contributed by atoms with van der Waals surface area (Å²) in [4.78, 5) is 21.8. The van der Waals surface area contributed by atoms with Crippen LogP contribution in [-0.4, -0.2) is 31.1 Å². The normalized spacial score (nSPS) is 17.4. The highest BCUT2D eigenvalue weighted by Gasteiger charge is 2.44. The van der Waals surface area contributed by atoms with E-state index in [0.29, 0.717) is 0 Å². The molecular weight excluding hydrogens is 237 g/mol. The fraction of sp³-hybridized carbons (Fsp3) is 0.800. The molecule has 0 bridgehead atoms. The van der Waals surface area contributed by atoms with Crippen molar-refractivity contribution in [2.75, 3.05) is 13.1 Å². The van der Waals surface area contributed by atoms with Crippen molar-refractivity contribution in [1.82, 2.24) is 10.6 Å². The van der Waals surface area contributed by atoms with Crippen LogP contribution < -0.4 is 10.6 Å². The topological polar surface area (TPSA) is 58.2 Å². The molecule has 0 spiro atoms. The molecule has 17 heavy (non-hydrogen) atoms. The van der Waals surface area contributed by atoms with Gasteiger partial charge in [-0.1, -0.05) is 6.92 Å². The first-order valence-corrected chi connectivity index (χ1v) is 5.39. The van der Waals surface area contributed by atoms with Gasteiger partial charge in [0.2, 0.25) is 5.91 Å². The first kappa shape index (κ1) is 13.8. The molecule has 1 fully saturated rings. The van der Waals surface area contributed by atoms with Gasteiger partial charge in [0, 0.05) is 18.5 Å². The molecule has 0 aromatic carbocycles. The Kier molecular flexibility index (Phi) is 4.00. The van der Waals surface area contributed by atoms with Crippen molar-refractivity contribution in [2.45, 2.75) is 32.4 Å². The van der Waals surface area contributed by atoms with Crippen LogP contribution in [0, 0.1) is 5.41 Å². The Hall–Kier alpha value is -1.27. The average molecular weight is 252 g/mol. The monoisotopic (exact) mass is 252 g/mol. The molecule has 0 unspecified atom stereocenters. The highest BCUT2D eigenvalue weighted by atomic mass is 19.4. The summed E-state index contributed by atoms with van der Waals surface area (Å²) in [6, 6.07) is 0. The quantitative estimate of drug-likeness (QED) is 0.716. The van der Waals surface area contributed by atoms with E-state index in [2.05, 4.69) is 5.32 Å². The largest absolute Gasteiger partial charge is 0.471 e. The lowest BCUT2D eigenvalue weighted by Crippen LogP contribution is -2.38. The molecule has 1 aliphatic carbocycles. The maximum atomic E-state index is 11.8. The molecule has 0 saturated heterocycles. The zero-order valence-corrected chi connectivity index (χ0v) is 9.49. The second kappa shape index (κ2) is 4.93. The summed E-state index contributed by atoms with van der Waals surface area (Å²) in [6.45, 7) is 2.01.